The van der Waals surface area contributed by atoms with Crippen LogP contribution in [-0.4, -0.2) is 32.7 Å². The highest BCUT2D eigenvalue weighted by atomic mass is 16.6. The first-order valence-electron chi connectivity index (χ1n) is 10.1. The number of nitro groups is 1. The monoisotopic (exact) mass is 417 g/mol. The molecule has 2 bridgehead atoms. The van der Waals surface area contributed by atoms with Crippen molar-refractivity contribution in [3.63, 3.8) is 0 Å². The number of fused-ring (bicyclic) bond motifs is 5. The number of hydrogen-bond donors (Lipinski definition) is 0. The van der Waals surface area contributed by atoms with Gasteiger partial charge in [0.25, 0.3) is 23.4 Å². The highest BCUT2D eigenvalue weighted by Gasteiger charge is 2.61. The van der Waals surface area contributed by atoms with Gasteiger partial charge in [-0.3, -0.25) is 24.5 Å². The molecule has 0 aromatic heterocycles. The summed E-state index contributed by atoms with van der Waals surface area (Å²) in [7, 11) is 0. The number of rotatable bonds is 5. The molecule has 3 aliphatic rings. The van der Waals surface area contributed by atoms with E-state index in [1.807, 2.05) is 18.2 Å². The minimum Gasteiger partial charge on any atom is -0.272 e. The summed E-state index contributed by atoms with van der Waals surface area (Å²) in [4.78, 5) is 50.6. The van der Waals surface area contributed by atoms with E-state index < -0.39 is 22.7 Å². The average molecular weight is 417 g/mol. The van der Waals surface area contributed by atoms with Gasteiger partial charge in [-0.25, -0.2) is 5.01 Å². The Hall–Kier alpha value is -3.81. The number of allylic oxidation sites excluding steroid dienone is 2. The number of carbonyl (C=O) groups excluding carboxylic acids is 3. The van der Waals surface area contributed by atoms with Crippen molar-refractivity contribution < 1.29 is 19.3 Å². The van der Waals surface area contributed by atoms with Crippen molar-refractivity contribution in [2.45, 2.75) is 13.0 Å². The molecule has 2 aromatic carbocycles. The largest absolute Gasteiger partial charge is 0.273 e. The third-order valence-electron chi connectivity index (χ3n) is 6.40. The van der Waals surface area contributed by atoms with E-state index in [2.05, 4.69) is 0 Å². The molecule has 1 aliphatic heterocycles. The fraction of sp³-hybridized carbons (Fsp3) is 0.261. The maximum absolute atomic E-state index is 13.4. The van der Waals surface area contributed by atoms with Crippen LogP contribution < -0.4 is 0 Å². The van der Waals surface area contributed by atoms with Gasteiger partial charge in [0.15, 0.2) is 0 Å². The maximum atomic E-state index is 13.4. The van der Waals surface area contributed by atoms with Gasteiger partial charge in [-0.1, -0.05) is 48.6 Å². The van der Waals surface area contributed by atoms with E-state index in [-0.39, 0.29) is 41.4 Å². The number of carbonyl (C=O) groups is 3. The van der Waals surface area contributed by atoms with Crippen molar-refractivity contribution in [1.82, 2.24) is 10.0 Å². The molecule has 1 saturated carbocycles. The van der Waals surface area contributed by atoms with E-state index >= 15 is 0 Å². The first kappa shape index (κ1) is 19.2. The van der Waals surface area contributed by atoms with Crippen LogP contribution in [0.5, 0.6) is 0 Å². The summed E-state index contributed by atoms with van der Waals surface area (Å²) in [6.07, 6.45) is 4.77. The Morgan fingerprint density at radius 2 is 1.65 bits per heavy atom. The van der Waals surface area contributed by atoms with Gasteiger partial charge in [-0.2, -0.15) is 5.01 Å². The molecule has 2 aliphatic carbocycles. The van der Waals surface area contributed by atoms with E-state index in [1.54, 1.807) is 24.3 Å². The maximum Gasteiger partial charge on any atom is 0.273 e. The van der Waals surface area contributed by atoms with Crippen molar-refractivity contribution in [1.29, 1.82) is 0 Å². The Morgan fingerprint density at radius 1 is 1.00 bits per heavy atom. The summed E-state index contributed by atoms with van der Waals surface area (Å²) < 4.78 is 0. The van der Waals surface area contributed by atoms with Crippen molar-refractivity contribution in [3.05, 3.63) is 88.0 Å². The zero-order valence-electron chi connectivity index (χ0n) is 16.5. The van der Waals surface area contributed by atoms with Crippen molar-refractivity contribution in [2.75, 3.05) is 0 Å². The van der Waals surface area contributed by atoms with Gasteiger partial charge in [0.1, 0.15) is 0 Å². The molecule has 1 saturated heterocycles. The van der Waals surface area contributed by atoms with Crippen molar-refractivity contribution in [2.24, 2.45) is 23.7 Å². The fourth-order valence-corrected chi connectivity index (χ4v) is 5.02. The molecular weight excluding hydrogens is 398 g/mol. The number of imide groups is 1. The van der Waals surface area contributed by atoms with Crippen LogP contribution >= 0.6 is 0 Å². The van der Waals surface area contributed by atoms with Gasteiger partial charge in [0.05, 0.1) is 23.3 Å². The standard InChI is InChI=1S/C23H19N3O5/c27-21(17-7-4-8-18(12-17)26(30)31)24(13-14-5-2-1-3-6-14)25-22(28)19-15-9-10-16(11-15)20(19)23(25)29/h1-10,12,15-16,19-20H,11,13H2/t15-,16-,19-,20-/m0/s1. The van der Waals surface area contributed by atoms with Gasteiger partial charge >= 0.3 is 0 Å². The molecule has 4 atom stereocenters. The van der Waals surface area contributed by atoms with Crippen LogP contribution in [0.2, 0.25) is 0 Å². The van der Waals surface area contributed by atoms with Gasteiger partial charge in [-0.05, 0) is 29.9 Å². The Kier molecular flexibility index (Phi) is 4.43. The van der Waals surface area contributed by atoms with Gasteiger partial charge in [-0.15, -0.1) is 0 Å². The van der Waals surface area contributed by atoms with Gasteiger partial charge in [0, 0.05) is 17.7 Å². The Morgan fingerprint density at radius 3 is 2.26 bits per heavy atom. The number of nitrogens with zero attached hydrogens (tertiary/aromatic N) is 3. The second-order valence-corrected chi connectivity index (χ2v) is 8.14. The lowest BCUT2D eigenvalue weighted by atomic mass is 9.85. The van der Waals surface area contributed by atoms with Crippen LogP contribution in [-0.2, 0) is 16.1 Å². The summed E-state index contributed by atoms with van der Waals surface area (Å²) in [6, 6.07) is 14.3. The second kappa shape index (κ2) is 7.16. The Bertz CT molecular complexity index is 1100. The summed E-state index contributed by atoms with van der Waals surface area (Å²) in [6.45, 7) is 0.00203. The SMILES string of the molecule is O=C(c1cccc([N+](=O)[O-])c1)N(Cc1ccccc1)N1C(=O)[C@@H]2[C@@H](C1=O)[C@H]1C=C[C@H]2C1. The molecule has 1 heterocycles. The number of non-ortho nitro benzene ring substituents is 1. The van der Waals surface area contributed by atoms with Gasteiger partial charge in [0.2, 0.25) is 0 Å². The third-order valence-corrected chi connectivity index (χ3v) is 6.40. The molecule has 31 heavy (non-hydrogen) atoms. The van der Waals surface area contributed by atoms with Crippen LogP contribution in [0.4, 0.5) is 5.69 Å². The molecule has 0 radical (unpaired) electrons. The molecule has 2 fully saturated rings. The highest BCUT2D eigenvalue weighted by Crippen LogP contribution is 2.52. The second-order valence-electron chi connectivity index (χ2n) is 8.14. The predicted molar refractivity (Wildman–Crippen MR) is 109 cm³/mol. The lowest BCUT2D eigenvalue weighted by Gasteiger charge is -2.31. The average Bonchev–Trinajstić information content (AvgIpc) is 3.46. The topological polar surface area (TPSA) is 101 Å². The molecule has 3 amide bonds. The van der Waals surface area contributed by atoms with Crippen LogP contribution in [0.1, 0.15) is 22.3 Å². The zero-order valence-corrected chi connectivity index (χ0v) is 16.5. The molecule has 2 aromatic rings. The lowest BCUT2D eigenvalue weighted by Crippen LogP contribution is -2.50. The molecule has 5 rings (SSSR count). The molecule has 8 heteroatoms. The summed E-state index contributed by atoms with van der Waals surface area (Å²) in [5.41, 5.74) is 0.549. The van der Waals surface area contributed by atoms with E-state index in [4.69, 9.17) is 0 Å². The summed E-state index contributed by atoms with van der Waals surface area (Å²) >= 11 is 0. The Balaban J connectivity index is 1.53. The van der Waals surface area contributed by atoms with Gasteiger partial charge < -0.3 is 0 Å². The van der Waals surface area contributed by atoms with Crippen molar-refractivity contribution >= 4 is 23.4 Å². The normalized spacial score (nSPS) is 25.7. The van der Waals surface area contributed by atoms with E-state index in [9.17, 15) is 24.5 Å². The van der Waals surface area contributed by atoms with Crippen LogP contribution in [0.15, 0.2) is 66.7 Å². The fourth-order valence-electron chi connectivity index (χ4n) is 5.02. The predicted octanol–water partition coefficient (Wildman–Crippen LogP) is 2.96. The molecule has 0 N–H and O–H groups in total. The smallest absolute Gasteiger partial charge is 0.272 e. The summed E-state index contributed by atoms with van der Waals surface area (Å²) in [5, 5.41) is 13.3. The minimum absolute atomic E-state index is 0.00203. The van der Waals surface area contributed by atoms with Crippen LogP contribution in [0.3, 0.4) is 0 Å². The van der Waals surface area contributed by atoms with Crippen LogP contribution in [0, 0.1) is 33.8 Å². The number of benzene rings is 2. The molecule has 8 nitrogen and oxygen atoms in total. The number of nitro benzene ring substituents is 1. The lowest BCUT2D eigenvalue weighted by molar-refractivity contribution is -0.384. The quantitative estimate of drug-likeness (QED) is 0.322. The molecule has 0 unspecified atom stereocenters. The molecular formula is C23H19N3O5. The first-order chi connectivity index (χ1) is 15.0. The number of amides is 3. The Labute approximate surface area is 177 Å². The van der Waals surface area contributed by atoms with Crippen LogP contribution in [0.25, 0.3) is 0 Å². The molecule has 156 valence electrons. The van der Waals surface area contributed by atoms with E-state index in [0.717, 1.165) is 28.1 Å². The van der Waals surface area contributed by atoms with E-state index in [0.29, 0.717) is 0 Å². The molecule has 0 spiro atoms. The number of hydrazine groups is 1. The van der Waals surface area contributed by atoms with Crippen molar-refractivity contribution in [3.8, 4) is 0 Å². The van der Waals surface area contributed by atoms with E-state index in [1.165, 1.54) is 18.2 Å². The first-order valence-corrected chi connectivity index (χ1v) is 10.1. The minimum atomic E-state index is -0.630. The summed E-state index contributed by atoms with van der Waals surface area (Å²) in [5.74, 6) is -2.24. The number of hydrogen-bond acceptors (Lipinski definition) is 5. The third kappa shape index (κ3) is 3.02. The highest BCUT2D eigenvalue weighted by molar-refractivity contribution is 6.08. The zero-order chi connectivity index (χ0) is 21.7.